The number of aromatic carboxylic acids is 1. The molecule has 3 nitrogen and oxygen atoms in total. The Balaban J connectivity index is 2.49. The first-order chi connectivity index (χ1) is 9.50. The summed E-state index contributed by atoms with van der Waals surface area (Å²) >= 11 is 0. The fourth-order valence-electron chi connectivity index (χ4n) is 3.14. The molecule has 1 atom stereocenters. The minimum Gasteiger partial charge on any atom is -0.478 e. The lowest BCUT2D eigenvalue weighted by molar-refractivity contribution is 0.0693. The number of hydrogen-bond donors (Lipinski definition) is 1. The maximum absolute atomic E-state index is 11.6. The van der Waals surface area contributed by atoms with Crippen molar-refractivity contribution in [1.82, 2.24) is 4.98 Å². The topological polar surface area (TPSA) is 50.2 Å². The number of aromatic nitrogens is 1. The van der Waals surface area contributed by atoms with Gasteiger partial charge in [-0.15, -0.1) is 0 Å². The Hall–Kier alpha value is -1.38. The predicted molar refractivity (Wildman–Crippen MR) is 84.9 cm³/mol. The Bertz CT molecular complexity index is 562. The molecule has 0 bridgehead atoms. The standard InChI is InChI=1S/C18H27NO2/c1-17(2,3)12-7-8-14-11(9-12)10-13(16(20)21)15(19-14)18(4,5)6/h10,12H,7-9H2,1-6H3,(H,20,21). The van der Waals surface area contributed by atoms with E-state index in [-0.39, 0.29) is 10.8 Å². The van der Waals surface area contributed by atoms with Crippen molar-refractivity contribution in [3.05, 3.63) is 28.6 Å². The van der Waals surface area contributed by atoms with Gasteiger partial charge in [0.25, 0.3) is 0 Å². The van der Waals surface area contributed by atoms with E-state index >= 15 is 0 Å². The molecule has 1 aliphatic carbocycles. The monoisotopic (exact) mass is 289 g/mol. The average Bonchev–Trinajstić information content (AvgIpc) is 2.34. The number of carboxylic acid groups (broad SMARTS) is 1. The lowest BCUT2D eigenvalue weighted by Gasteiger charge is -2.35. The molecule has 21 heavy (non-hydrogen) atoms. The van der Waals surface area contributed by atoms with E-state index in [1.54, 1.807) is 0 Å². The summed E-state index contributed by atoms with van der Waals surface area (Å²) in [5, 5.41) is 9.52. The molecular weight excluding hydrogens is 262 g/mol. The molecule has 0 spiro atoms. The first kappa shape index (κ1) is 16.0. The highest BCUT2D eigenvalue weighted by Crippen LogP contribution is 2.38. The number of carbonyl (C=O) groups is 1. The highest BCUT2D eigenvalue weighted by Gasteiger charge is 2.32. The van der Waals surface area contributed by atoms with Gasteiger partial charge in [-0.2, -0.15) is 0 Å². The largest absolute Gasteiger partial charge is 0.478 e. The van der Waals surface area contributed by atoms with Gasteiger partial charge in [0.05, 0.1) is 11.3 Å². The van der Waals surface area contributed by atoms with Crippen molar-refractivity contribution in [2.24, 2.45) is 11.3 Å². The van der Waals surface area contributed by atoms with Crippen molar-refractivity contribution in [1.29, 1.82) is 0 Å². The first-order valence-electron chi connectivity index (χ1n) is 7.76. The van der Waals surface area contributed by atoms with Gasteiger partial charge in [0, 0.05) is 11.1 Å². The van der Waals surface area contributed by atoms with Crippen molar-refractivity contribution in [2.75, 3.05) is 0 Å². The summed E-state index contributed by atoms with van der Waals surface area (Å²) in [5.41, 5.74) is 3.32. The van der Waals surface area contributed by atoms with Gasteiger partial charge in [-0.25, -0.2) is 4.79 Å². The van der Waals surface area contributed by atoms with Crippen LogP contribution in [0.15, 0.2) is 6.07 Å². The van der Waals surface area contributed by atoms with Gasteiger partial charge in [0.1, 0.15) is 0 Å². The normalized spacial score (nSPS) is 19.2. The molecule has 1 aromatic heterocycles. The Morgan fingerprint density at radius 2 is 1.86 bits per heavy atom. The molecule has 0 aromatic carbocycles. The van der Waals surface area contributed by atoms with Crippen LogP contribution in [0.25, 0.3) is 0 Å². The summed E-state index contributed by atoms with van der Waals surface area (Å²) in [6.45, 7) is 12.9. The van der Waals surface area contributed by atoms with E-state index in [1.807, 2.05) is 26.8 Å². The van der Waals surface area contributed by atoms with E-state index in [9.17, 15) is 9.90 Å². The zero-order valence-corrected chi connectivity index (χ0v) is 14.1. The number of nitrogens with zero attached hydrogens (tertiary/aromatic N) is 1. The number of pyridine rings is 1. The molecule has 3 heteroatoms. The van der Waals surface area contributed by atoms with Gasteiger partial charge < -0.3 is 5.11 Å². The van der Waals surface area contributed by atoms with Crippen LogP contribution in [0.2, 0.25) is 0 Å². The molecule has 0 aliphatic heterocycles. The summed E-state index contributed by atoms with van der Waals surface area (Å²) in [7, 11) is 0. The average molecular weight is 289 g/mol. The first-order valence-corrected chi connectivity index (χ1v) is 7.76. The van der Waals surface area contributed by atoms with Gasteiger partial charge in [-0.3, -0.25) is 4.98 Å². The maximum atomic E-state index is 11.6. The third kappa shape index (κ3) is 3.28. The molecule has 116 valence electrons. The van der Waals surface area contributed by atoms with Crippen LogP contribution in [0.3, 0.4) is 0 Å². The van der Waals surface area contributed by atoms with Gasteiger partial charge in [0.2, 0.25) is 0 Å². The second-order valence-electron chi connectivity index (χ2n) is 8.35. The summed E-state index contributed by atoms with van der Waals surface area (Å²) in [6.07, 6.45) is 3.04. The van der Waals surface area contributed by atoms with E-state index in [2.05, 4.69) is 20.8 Å². The molecule has 0 amide bonds. The molecule has 1 heterocycles. The SMILES string of the molecule is CC(C)(C)c1nc2c(cc1C(=O)O)CC(C(C)(C)C)CC2. The number of aryl methyl sites for hydroxylation is 1. The molecule has 1 N–H and O–H groups in total. The van der Waals surface area contributed by atoms with Crippen molar-refractivity contribution in [3.63, 3.8) is 0 Å². The molecule has 0 radical (unpaired) electrons. The molecule has 1 aliphatic rings. The lowest BCUT2D eigenvalue weighted by atomic mass is 9.71. The van der Waals surface area contributed by atoms with Crippen LogP contribution < -0.4 is 0 Å². The molecule has 0 saturated carbocycles. The predicted octanol–water partition coefficient (Wildman–Crippen LogP) is 4.23. The second-order valence-corrected chi connectivity index (χ2v) is 8.35. The Morgan fingerprint density at radius 3 is 2.33 bits per heavy atom. The summed E-state index contributed by atoms with van der Waals surface area (Å²) in [5.74, 6) is -0.276. The smallest absolute Gasteiger partial charge is 0.337 e. The molecule has 0 saturated heterocycles. The molecule has 1 unspecified atom stereocenters. The molecular formula is C18H27NO2. The minimum atomic E-state index is -0.867. The zero-order chi connectivity index (χ0) is 16.0. The van der Waals surface area contributed by atoms with Gasteiger partial charge in [-0.05, 0) is 42.2 Å². The van der Waals surface area contributed by atoms with E-state index < -0.39 is 5.97 Å². The van der Waals surface area contributed by atoms with E-state index in [4.69, 9.17) is 4.98 Å². The molecule has 0 fully saturated rings. The number of rotatable bonds is 1. The summed E-state index contributed by atoms with van der Waals surface area (Å²) < 4.78 is 0. The third-order valence-corrected chi connectivity index (χ3v) is 4.55. The maximum Gasteiger partial charge on any atom is 0.337 e. The summed E-state index contributed by atoms with van der Waals surface area (Å²) in [4.78, 5) is 16.3. The highest BCUT2D eigenvalue weighted by atomic mass is 16.4. The van der Waals surface area contributed by atoms with Crippen molar-refractivity contribution in [2.45, 2.75) is 66.2 Å². The van der Waals surface area contributed by atoms with Crippen molar-refractivity contribution in [3.8, 4) is 0 Å². The van der Waals surface area contributed by atoms with Gasteiger partial charge in [-0.1, -0.05) is 41.5 Å². The number of hydrogen-bond acceptors (Lipinski definition) is 2. The quantitative estimate of drug-likeness (QED) is 0.841. The number of carboxylic acids is 1. The highest BCUT2D eigenvalue weighted by molar-refractivity contribution is 5.89. The van der Waals surface area contributed by atoms with Crippen LogP contribution in [0, 0.1) is 11.3 Å². The second kappa shape index (κ2) is 5.11. The van der Waals surface area contributed by atoms with Crippen molar-refractivity contribution >= 4 is 5.97 Å². The van der Waals surface area contributed by atoms with Crippen LogP contribution >= 0.6 is 0 Å². The van der Waals surface area contributed by atoms with E-state index in [0.29, 0.717) is 17.2 Å². The van der Waals surface area contributed by atoms with Gasteiger partial charge in [0.15, 0.2) is 0 Å². The van der Waals surface area contributed by atoms with Crippen LogP contribution in [-0.4, -0.2) is 16.1 Å². The Morgan fingerprint density at radius 1 is 1.24 bits per heavy atom. The zero-order valence-electron chi connectivity index (χ0n) is 14.1. The van der Waals surface area contributed by atoms with Crippen molar-refractivity contribution < 1.29 is 9.90 Å². The van der Waals surface area contributed by atoms with Crippen LogP contribution in [0.5, 0.6) is 0 Å². The van der Waals surface area contributed by atoms with Crippen LogP contribution in [-0.2, 0) is 18.3 Å². The fraction of sp³-hybridized carbons (Fsp3) is 0.667. The number of fused-ring (bicyclic) bond motifs is 1. The fourth-order valence-corrected chi connectivity index (χ4v) is 3.14. The van der Waals surface area contributed by atoms with Crippen LogP contribution in [0.1, 0.15) is 75.3 Å². The molecule has 1 aromatic rings. The minimum absolute atomic E-state index is 0.246. The van der Waals surface area contributed by atoms with Gasteiger partial charge >= 0.3 is 5.97 Å². The Labute approximate surface area is 127 Å². The summed E-state index contributed by atoms with van der Waals surface area (Å²) in [6, 6.07) is 1.88. The Kier molecular flexibility index (Phi) is 3.90. The van der Waals surface area contributed by atoms with E-state index in [1.165, 1.54) is 0 Å². The lowest BCUT2D eigenvalue weighted by Crippen LogP contribution is -2.29. The van der Waals surface area contributed by atoms with E-state index in [0.717, 1.165) is 30.5 Å². The third-order valence-electron chi connectivity index (χ3n) is 4.55. The molecule has 2 rings (SSSR count). The van der Waals surface area contributed by atoms with Crippen LogP contribution in [0.4, 0.5) is 0 Å².